The monoisotopic (exact) mass is 348 g/mol. The molecule has 8 heteroatoms. The normalized spacial score (nSPS) is 12.4. The van der Waals surface area contributed by atoms with Gasteiger partial charge in [-0.25, -0.2) is 9.59 Å². The van der Waals surface area contributed by atoms with Crippen LogP contribution >= 0.6 is 0 Å². The van der Waals surface area contributed by atoms with E-state index in [4.69, 9.17) is 15.9 Å². The predicted octanol–water partition coefficient (Wildman–Crippen LogP) is 2.55. The largest absolute Gasteiger partial charge is 0.461 e. The Morgan fingerprint density at radius 2 is 2.00 bits per heavy atom. The van der Waals surface area contributed by atoms with Gasteiger partial charge in [0.1, 0.15) is 12.6 Å². The fourth-order valence-electron chi connectivity index (χ4n) is 1.72. The molecule has 1 aromatic carbocycles. The lowest BCUT2D eigenvalue weighted by Crippen LogP contribution is -2.42. The lowest BCUT2D eigenvalue weighted by molar-refractivity contribution is -0.384. The van der Waals surface area contributed by atoms with Crippen LogP contribution in [0.2, 0.25) is 0 Å². The molecule has 0 aliphatic rings. The number of nitrogens with zero attached hydrogens (tertiary/aromatic N) is 1. The molecular formula is C17H20N2O6. The minimum absolute atomic E-state index is 0.0259. The van der Waals surface area contributed by atoms with Gasteiger partial charge in [-0.15, -0.1) is 12.3 Å². The second-order valence-corrected chi connectivity index (χ2v) is 5.26. The van der Waals surface area contributed by atoms with Crippen LogP contribution in [-0.2, 0) is 20.9 Å². The average Bonchev–Trinajstić information content (AvgIpc) is 2.59. The molecule has 2 unspecified atom stereocenters. The Kier molecular flexibility index (Phi) is 7.93. The van der Waals surface area contributed by atoms with Crippen LogP contribution in [0.25, 0.3) is 0 Å². The molecule has 8 nitrogen and oxygen atoms in total. The number of hydrogen-bond acceptors (Lipinski definition) is 6. The Bertz CT molecular complexity index is 650. The summed E-state index contributed by atoms with van der Waals surface area (Å²) in [5.74, 6) is 1.68. The SMILES string of the molecule is C#CCC(NC(=O)OCc1ccc([N+](=O)[O-])cc1)C(=O)OC(C)CC. The van der Waals surface area contributed by atoms with E-state index in [-0.39, 0.29) is 24.8 Å². The molecule has 0 radical (unpaired) electrons. The maximum Gasteiger partial charge on any atom is 0.408 e. The van der Waals surface area contributed by atoms with E-state index < -0.39 is 23.0 Å². The molecule has 0 aliphatic heterocycles. The number of rotatable bonds is 8. The van der Waals surface area contributed by atoms with Gasteiger partial charge in [-0.2, -0.15) is 0 Å². The molecule has 0 bridgehead atoms. The highest BCUT2D eigenvalue weighted by atomic mass is 16.6. The van der Waals surface area contributed by atoms with Crippen molar-refractivity contribution in [3.8, 4) is 12.3 Å². The molecule has 0 saturated heterocycles. The fraction of sp³-hybridized carbons (Fsp3) is 0.412. The van der Waals surface area contributed by atoms with Gasteiger partial charge in [-0.05, 0) is 31.0 Å². The first-order valence-electron chi connectivity index (χ1n) is 7.68. The van der Waals surface area contributed by atoms with E-state index in [1.807, 2.05) is 6.92 Å². The van der Waals surface area contributed by atoms with Crippen molar-refractivity contribution < 1.29 is 24.0 Å². The smallest absolute Gasteiger partial charge is 0.408 e. The summed E-state index contributed by atoms with van der Waals surface area (Å²) in [6.45, 7) is 3.49. The van der Waals surface area contributed by atoms with Crippen molar-refractivity contribution in [2.45, 2.75) is 45.4 Å². The number of amides is 1. The van der Waals surface area contributed by atoms with Crippen LogP contribution in [0.15, 0.2) is 24.3 Å². The number of ether oxygens (including phenoxy) is 2. The van der Waals surface area contributed by atoms with Crippen molar-refractivity contribution in [3.05, 3.63) is 39.9 Å². The summed E-state index contributed by atoms with van der Waals surface area (Å²) in [5.41, 5.74) is 0.506. The highest BCUT2D eigenvalue weighted by Gasteiger charge is 2.23. The topological polar surface area (TPSA) is 108 Å². The standard InChI is InChI=1S/C17H20N2O6/c1-4-6-15(16(20)25-12(3)5-2)18-17(21)24-11-13-7-9-14(10-8-13)19(22)23/h1,7-10,12,15H,5-6,11H2,2-3H3,(H,18,21). The van der Waals surface area contributed by atoms with Gasteiger partial charge in [0, 0.05) is 18.6 Å². The summed E-state index contributed by atoms with van der Waals surface area (Å²) < 4.78 is 10.1. The molecule has 134 valence electrons. The van der Waals surface area contributed by atoms with Gasteiger partial charge in [0.25, 0.3) is 5.69 Å². The van der Waals surface area contributed by atoms with Crippen LogP contribution in [-0.4, -0.2) is 29.1 Å². The summed E-state index contributed by atoms with van der Waals surface area (Å²) in [6, 6.07) is 4.56. The Morgan fingerprint density at radius 3 is 2.52 bits per heavy atom. The van der Waals surface area contributed by atoms with E-state index in [1.165, 1.54) is 24.3 Å². The third kappa shape index (κ3) is 6.91. The van der Waals surface area contributed by atoms with Gasteiger partial charge in [0.15, 0.2) is 0 Å². The zero-order chi connectivity index (χ0) is 18.8. The third-order valence-corrected chi connectivity index (χ3v) is 3.31. The van der Waals surface area contributed by atoms with Crippen molar-refractivity contribution in [3.63, 3.8) is 0 Å². The highest BCUT2D eigenvalue weighted by Crippen LogP contribution is 2.12. The van der Waals surface area contributed by atoms with Crippen LogP contribution in [0.5, 0.6) is 0 Å². The zero-order valence-corrected chi connectivity index (χ0v) is 14.1. The Hall–Kier alpha value is -3.08. The maximum atomic E-state index is 12.0. The molecule has 1 rings (SSSR count). The molecule has 2 atom stereocenters. The fourth-order valence-corrected chi connectivity index (χ4v) is 1.72. The predicted molar refractivity (Wildman–Crippen MR) is 89.5 cm³/mol. The van der Waals surface area contributed by atoms with Gasteiger partial charge in [-0.3, -0.25) is 10.1 Å². The van der Waals surface area contributed by atoms with Crippen molar-refractivity contribution in [2.75, 3.05) is 0 Å². The molecule has 1 N–H and O–H groups in total. The number of nitrogens with one attached hydrogen (secondary N) is 1. The van der Waals surface area contributed by atoms with E-state index in [0.29, 0.717) is 12.0 Å². The molecule has 0 aromatic heterocycles. The number of carbonyl (C=O) groups excluding carboxylic acids is 2. The number of nitro groups is 1. The first-order valence-corrected chi connectivity index (χ1v) is 7.68. The van der Waals surface area contributed by atoms with Crippen molar-refractivity contribution in [1.29, 1.82) is 0 Å². The van der Waals surface area contributed by atoms with Crippen LogP contribution in [0.4, 0.5) is 10.5 Å². The minimum Gasteiger partial charge on any atom is -0.461 e. The quantitative estimate of drug-likeness (QED) is 0.335. The van der Waals surface area contributed by atoms with Crippen molar-refractivity contribution in [2.24, 2.45) is 0 Å². The van der Waals surface area contributed by atoms with E-state index in [0.717, 1.165) is 0 Å². The summed E-state index contributed by atoms with van der Waals surface area (Å²) in [6.07, 6.45) is 4.70. The second-order valence-electron chi connectivity index (χ2n) is 5.26. The Labute approximate surface area is 145 Å². The lowest BCUT2D eigenvalue weighted by Gasteiger charge is -2.18. The van der Waals surface area contributed by atoms with Crippen molar-refractivity contribution >= 4 is 17.7 Å². The van der Waals surface area contributed by atoms with Crippen molar-refractivity contribution in [1.82, 2.24) is 5.32 Å². The zero-order valence-electron chi connectivity index (χ0n) is 14.1. The number of benzene rings is 1. The Morgan fingerprint density at radius 1 is 1.36 bits per heavy atom. The van der Waals surface area contributed by atoms with Gasteiger partial charge in [0.2, 0.25) is 0 Å². The highest BCUT2D eigenvalue weighted by molar-refractivity contribution is 5.81. The number of hydrogen-bond donors (Lipinski definition) is 1. The molecule has 0 heterocycles. The molecule has 25 heavy (non-hydrogen) atoms. The van der Waals surface area contributed by atoms with Gasteiger partial charge >= 0.3 is 12.1 Å². The lowest BCUT2D eigenvalue weighted by atomic mass is 10.2. The molecule has 0 spiro atoms. The second kappa shape index (κ2) is 9.93. The molecule has 0 aliphatic carbocycles. The van der Waals surface area contributed by atoms with Gasteiger partial charge in [-0.1, -0.05) is 6.92 Å². The van der Waals surface area contributed by atoms with E-state index in [9.17, 15) is 19.7 Å². The maximum absolute atomic E-state index is 12.0. The van der Waals surface area contributed by atoms with E-state index in [1.54, 1.807) is 6.92 Å². The molecule has 0 fully saturated rings. The Balaban J connectivity index is 2.55. The summed E-state index contributed by atoms with van der Waals surface area (Å²) in [4.78, 5) is 33.8. The minimum atomic E-state index is -0.997. The first kappa shape index (κ1) is 20.0. The summed E-state index contributed by atoms with van der Waals surface area (Å²) >= 11 is 0. The van der Waals surface area contributed by atoms with Crippen LogP contribution in [0, 0.1) is 22.5 Å². The summed E-state index contributed by atoms with van der Waals surface area (Å²) in [5, 5.41) is 12.9. The number of nitro benzene ring substituents is 1. The molecular weight excluding hydrogens is 328 g/mol. The van der Waals surface area contributed by atoms with E-state index >= 15 is 0 Å². The van der Waals surface area contributed by atoms with Crippen LogP contribution < -0.4 is 5.32 Å². The van der Waals surface area contributed by atoms with Gasteiger partial charge < -0.3 is 14.8 Å². The number of terminal acetylenes is 1. The van der Waals surface area contributed by atoms with Crippen LogP contribution in [0.1, 0.15) is 32.3 Å². The van der Waals surface area contributed by atoms with E-state index in [2.05, 4.69) is 11.2 Å². The summed E-state index contributed by atoms with van der Waals surface area (Å²) in [7, 11) is 0. The van der Waals surface area contributed by atoms with Crippen LogP contribution in [0.3, 0.4) is 0 Å². The number of esters is 1. The molecule has 1 amide bonds. The number of non-ortho nitro benzene ring substituents is 1. The molecule has 0 saturated carbocycles. The van der Waals surface area contributed by atoms with Gasteiger partial charge in [0.05, 0.1) is 11.0 Å². The molecule has 1 aromatic rings. The average molecular weight is 348 g/mol. The number of carbonyl (C=O) groups is 2. The number of alkyl carbamates (subject to hydrolysis) is 1. The first-order chi connectivity index (χ1) is 11.9. The third-order valence-electron chi connectivity index (χ3n) is 3.31.